The summed E-state index contributed by atoms with van der Waals surface area (Å²) in [5, 5.41) is 0. The highest BCUT2D eigenvalue weighted by atomic mass is 14.7. The smallest absolute Gasteiger partial charge is 0.0447 e. The van der Waals surface area contributed by atoms with E-state index in [4.69, 9.17) is 0 Å². The normalized spacial score (nSPS) is 10.8. The molecule has 0 N–H and O–H groups in total. The number of allylic oxidation sites excluding steroid dienone is 1. The van der Waals surface area contributed by atoms with Gasteiger partial charge in [0.15, 0.2) is 0 Å². The molecule has 1 heteroatoms. The standard InChI is InChI=1S/C10H13N/c1-4-5-10-7-6-8(2)11-9(10)3/h4-7H,1-3H3/b5-4-. The molecule has 0 atom stereocenters. The SMILES string of the molecule is C/C=C\c1ccc(C)nc1C. The van der Waals surface area contributed by atoms with Crippen molar-refractivity contribution in [3.05, 3.63) is 35.2 Å². The van der Waals surface area contributed by atoms with E-state index in [1.807, 2.05) is 32.9 Å². The molecule has 0 saturated heterocycles. The molecule has 0 spiro atoms. The summed E-state index contributed by atoms with van der Waals surface area (Å²) in [5.41, 5.74) is 3.39. The van der Waals surface area contributed by atoms with Crippen molar-refractivity contribution in [1.82, 2.24) is 4.98 Å². The van der Waals surface area contributed by atoms with Crippen LogP contribution >= 0.6 is 0 Å². The Labute approximate surface area is 67.8 Å². The van der Waals surface area contributed by atoms with Gasteiger partial charge in [-0.2, -0.15) is 0 Å². The van der Waals surface area contributed by atoms with Crippen molar-refractivity contribution >= 4 is 6.08 Å². The third-order valence-corrected chi connectivity index (χ3v) is 1.61. The van der Waals surface area contributed by atoms with Crippen LogP contribution < -0.4 is 0 Å². The van der Waals surface area contributed by atoms with Crippen molar-refractivity contribution < 1.29 is 0 Å². The third-order valence-electron chi connectivity index (χ3n) is 1.61. The van der Waals surface area contributed by atoms with Crippen LogP contribution in [0.25, 0.3) is 6.08 Å². The first-order chi connectivity index (χ1) is 5.24. The number of pyridine rings is 1. The summed E-state index contributed by atoms with van der Waals surface area (Å²) < 4.78 is 0. The summed E-state index contributed by atoms with van der Waals surface area (Å²) in [4.78, 5) is 4.34. The van der Waals surface area contributed by atoms with Crippen LogP contribution in [0.4, 0.5) is 0 Å². The number of hydrogen-bond acceptors (Lipinski definition) is 1. The van der Waals surface area contributed by atoms with Crippen LogP contribution in [0.3, 0.4) is 0 Å². The summed E-state index contributed by atoms with van der Waals surface area (Å²) in [6, 6.07) is 4.12. The zero-order chi connectivity index (χ0) is 8.27. The van der Waals surface area contributed by atoms with Gasteiger partial charge in [-0.1, -0.05) is 18.2 Å². The highest BCUT2D eigenvalue weighted by Crippen LogP contribution is 2.07. The van der Waals surface area contributed by atoms with Crippen molar-refractivity contribution in [2.24, 2.45) is 0 Å². The Morgan fingerprint density at radius 2 is 2.00 bits per heavy atom. The molecule has 0 aliphatic heterocycles. The molecule has 0 aromatic carbocycles. The van der Waals surface area contributed by atoms with Gasteiger partial charge < -0.3 is 0 Å². The molecule has 0 saturated carbocycles. The first-order valence-corrected chi connectivity index (χ1v) is 3.81. The fourth-order valence-electron chi connectivity index (χ4n) is 1.05. The van der Waals surface area contributed by atoms with Gasteiger partial charge in [-0.15, -0.1) is 0 Å². The van der Waals surface area contributed by atoms with Gasteiger partial charge in [0, 0.05) is 11.4 Å². The van der Waals surface area contributed by atoms with Gasteiger partial charge in [0.05, 0.1) is 0 Å². The Hall–Kier alpha value is -1.11. The summed E-state index contributed by atoms with van der Waals surface area (Å²) in [6.07, 6.45) is 4.10. The summed E-state index contributed by atoms with van der Waals surface area (Å²) in [7, 11) is 0. The third kappa shape index (κ3) is 1.90. The second-order valence-electron chi connectivity index (χ2n) is 2.63. The van der Waals surface area contributed by atoms with Crippen LogP contribution in [0, 0.1) is 13.8 Å². The number of aryl methyl sites for hydroxylation is 2. The van der Waals surface area contributed by atoms with Crippen LogP contribution in [0.1, 0.15) is 23.9 Å². The molecule has 1 rings (SSSR count). The van der Waals surface area contributed by atoms with Gasteiger partial charge in [-0.05, 0) is 32.4 Å². The van der Waals surface area contributed by atoms with Crippen LogP contribution in [0.5, 0.6) is 0 Å². The van der Waals surface area contributed by atoms with Gasteiger partial charge in [0.25, 0.3) is 0 Å². The monoisotopic (exact) mass is 147 g/mol. The summed E-state index contributed by atoms with van der Waals surface area (Å²) in [5.74, 6) is 0. The van der Waals surface area contributed by atoms with E-state index in [0.717, 1.165) is 11.4 Å². The van der Waals surface area contributed by atoms with E-state index in [1.165, 1.54) is 5.56 Å². The van der Waals surface area contributed by atoms with Crippen LogP contribution in [-0.4, -0.2) is 4.98 Å². The predicted molar refractivity (Wildman–Crippen MR) is 48.4 cm³/mol. The number of aromatic nitrogens is 1. The molecule has 0 fully saturated rings. The molecular formula is C10H13N. The molecule has 0 aliphatic rings. The largest absolute Gasteiger partial charge is 0.258 e. The van der Waals surface area contributed by atoms with Crippen LogP contribution in [0.15, 0.2) is 18.2 Å². The molecule has 0 radical (unpaired) electrons. The molecule has 1 nitrogen and oxygen atoms in total. The van der Waals surface area contributed by atoms with Gasteiger partial charge in [-0.3, -0.25) is 4.98 Å². The van der Waals surface area contributed by atoms with Crippen molar-refractivity contribution in [1.29, 1.82) is 0 Å². The van der Waals surface area contributed by atoms with Crippen molar-refractivity contribution in [2.75, 3.05) is 0 Å². The highest BCUT2D eigenvalue weighted by molar-refractivity contribution is 5.51. The van der Waals surface area contributed by atoms with Crippen molar-refractivity contribution in [2.45, 2.75) is 20.8 Å². The van der Waals surface area contributed by atoms with E-state index in [0.29, 0.717) is 0 Å². The molecule has 11 heavy (non-hydrogen) atoms. The Morgan fingerprint density at radius 3 is 2.55 bits per heavy atom. The molecule has 1 aromatic rings. The van der Waals surface area contributed by atoms with E-state index < -0.39 is 0 Å². The van der Waals surface area contributed by atoms with E-state index in [9.17, 15) is 0 Å². The molecule has 0 amide bonds. The fourth-order valence-corrected chi connectivity index (χ4v) is 1.05. The average Bonchev–Trinajstić information content (AvgIpc) is 1.95. The lowest BCUT2D eigenvalue weighted by molar-refractivity contribution is 1.11. The Morgan fingerprint density at radius 1 is 1.27 bits per heavy atom. The molecule has 1 heterocycles. The van der Waals surface area contributed by atoms with Crippen LogP contribution in [-0.2, 0) is 0 Å². The van der Waals surface area contributed by atoms with E-state index in [2.05, 4.69) is 17.1 Å². The zero-order valence-electron chi connectivity index (χ0n) is 7.26. The quantitative estimate of drug-likeness (QED) is 0.595. The first kappa shape index (κ1) is 7.99. The van der Waals surface area contributed by atoms with Gasteiger partial charge in [-0.25, -0.2) is 0 Å². The first-order valence-electron chi connectivity index (χ1n) is 3.81. The Kier molecular flexibility index (Phi) is 2.42. The maximum atomic E-state index is 4.34. The number of rotatable bonds is 1. The zero-order valence-corrected chi connectivity index (χ0v) is 7.26. The van der Waals surface area contributed by atoms with Gasteiger partial charge in [0.1, 0.15) is 0 Å². The highest BCUT2D eigenvalue weighted by Gasteiger charge is 1.93. The number of hydrogen-bond donors (Lipinski definition) is 0. The predicted octanol–water partition coefficient (Wildman–Crippen LogP) is 2.73. The molecular weight excluding hydrogens is 134 g/mol. The lowest BCUT2D eigenvalue weighted by atomic mass is 10.2. The average molecular weight is 147 g/mol. The molecule has 0 bridgehead atoms. The maximum Gasteiger partial charge on any atom is 0.0447 e. The van der Waals surface area contributed by atoms with E-state index in [-0.39, 0.29) is 0 Å². The topological polar surface area (TPSA) is 12.9 Å². The fraction of sp³-hybridized carbons (Fsp3) is 0.300. The second kappa shape index (κ2) is 3.33. The van der Waals surface area contributed by atoms with Crippen LogP contribution in [0.2, 0.25) is 0 Å². The summed E-state index contributed by atoms with van der Waals surface area (Å²) in [6.45, 7) is 6.05. The van der Waals surface area contributed by atoms with Crippen molar-refractivity contribution in [3.8, 4) is 0 Å². The molecule has 0 unspecified atom stereocenters. The Balaban J connectivity index is 3.09. The second-order valence-corrected chi connectivity index (χ2v) is 2.63. The maximum absolute atomic E-state index is 4.34. The van der Waals surface area contributed by atoms with E-state index >= 15 is 0 Å². The lowest BCUT2D eigenvalue weighted by Crippen LogP contribution is -1.88. The minimum atomic E-state index is 1.08. The van der Waals surface area contributed by atoms with Crippen molar-refractivity contribution in [3.63, 3.8) is 0 Å². The van der Waals surface area contributed by atoms with Gasteiger partial charge >= 0.3 is 0 Å². The van der Waals surface area contributed by atoms with Gasteiger partial charge in [0.2, 0.25) is 0 Å². The number of nitrogens with zero attached hydrogens (tertiary/aromatic N) is 1. The minimum absolute atomic E-state index is 1.08. The molecule has 0 aliphatic carbocycles. The molecule has 1 aromatic heterocycles. The molecule has 58 valence electrons. The lowest BCUT2D eigenvalue weighted by Gasteiger charge is -1.99. The minimum Gasteiger partial charge on any atom is -0.258 e. The van der Waals surface area contributed by atoms with E-state index in [1.54, 1.807) is 0 Å². The summed E-state index contributed by atoms with van der Waals surface area (Å²) >= 11 is 0. The Bertz CT molecular complexity index is 274.